The molecule has 0 spiro atoms. The number of anilines is 1. The number of halogens is 4. The van der Waals surface area contributed by atoms with Crippen LogP contribution in [0.3, 0.4) is 0 Å². The molecule has 0 fully saturated rings. The topological polar surface area (TPSA) is 41.6 Å². The lowest BCUT2D eigenvalue weighted by Crippen LogP contribution is -2.42. The highest BCUT2D eigenvalue weighted by Gasteiger charge is 2.42. The van der Waals surface area contributed by atoms with Gasteiger partial charge in [-0.3, -0.25) is 4.79 Å². The second-order valence-corrected chi connectivity index (χ2v) is 5.88. The number of hydrogen-bond donors (Lipinski definition) is 1. The summed E-state index contributed by atoms with van der Waals surface area (Å²) >= 11 is 6.23. The van der Waals surface area contributed by atoms with E-state index in [1.54, 1.807) is 6.07 Å². The highest BCUT2D eigenvalue weighted by atomic mass is 35.5. The summed E-state index contributed by atoms with van der Waals surface area (Å²) in [7, 11) is 0. The van der Waals surface area contributed by atoms with E-state index in [1.807, 2.05) is 13.0 Å². The minimum atomic E-state index is -4.84. The van der Waals surface area contributed by atoms with E-state index in [0.717, 1.165) is 21.7 Å². The van der Waals surface area contributed by atoms with E-state index in [-0.39, 0.29) is 13.1 Å². The number of carbonyl (C=O) groups excluding carboxylic acids is 1. The molecule has 0 atom stereocenters. The molecule has 1 N–H and O–H groups in total. The number of hydrogen-bond acceptors (Lipinski definition) is 3. The molecule has 134 valence electrons. The fourth-order valence-electron chi connectivity index (χ4n) is 2.76. The fraction of sp³-hybridized carbons (Fsp3) is 0.562. The Bertz CT molecular complexity index is 593. The molecular weight excluding hydrogens is 345 g/mol. The number of carbonyl (C=O) groups is 1. The molecule has 8 heteroatoms. The summed E-state index contributed by atoms with van der Waals surface area (Å²) in [4.78, 5) is 12.3. The summed E-state index contributed by atoms with van der Waals surface area (Å²) in [5.74, 6) is -1.78. The monoisotopic (exact) mass is 364 g/mol. The predicted octanol–water partition coefficient (Wildman–Crippen LogP) is 3.28. The van der Waals surface area contributed by atoms with Crippen LogP contribution >= 0.6 is 11.6 Å². The smallest absolute Gasteiger partial charge is 0.381 e. The van der Waals surface area contributed by atoms with Crippen molar-refractivity contribution < 1.29 is 22.7 Å². The summed E-state index contributed by atoms with van der Waals surface area (Å²) < 4.78 is 43.2. The van der Waals surface area contributed by atoms with Crippen LogP contribution in [0.4, 0.5) is 18.9 Å². The molecule has 0 unspecified atom stereocenters. The molecule has 0 aromatic heterocycles. The lowest BCUT2D eigenvalue weighted by molar-refractivity contribution is -0.185. The molecular formula is C16H20ClF3N2O2. The Morgan fingerprint density at radius 1 is 1.33 bits per heavy atom. The van der Waals surface area contributed by atoms with Crippen LogP contribution in [0.1, 0.15) is 18.1 Å². The first-order valence-corrected chi connectivity index (χ1v) is 8.20. The molecule has 1 heterocycles. The molecule has 0 bridgehead atoms. The van der Waals surface area contributed by atoms with E-state index in [4.69, 9.17) is 16.3 Å². The van der Waals surface area contributed by atoms with E-state index < -0.39 is 12.1 Å². The number of nitrogens with zero attached hydrogens (tertiary/aromatic N) is 1. The van der Waals surface area contributed by atoms with Crippen molar-refractivity contribution in [3.05, 3.63) is 28.3 Å². The SMILES string of the molecule is CCOCCNc1c(Cl)ccc2c1CCN(C(=O)C(F)(F)F)CC2. The fourth-order valence-corrected chi connectivity index (χ4v) is 3.01. The van der Waals surface area contributed by atoms with Crippen LogP contribution in [-0.2, 0) is 22.4 Å². The van der Waals surface area contributed by atoms with Gasteiger partial charge in [-0.1, -0.05) is 17.7 Å². The maximum Gasteiger partial charge on any atom is 0.471 e. The van der Waals surface area contributed by atoms with Crippen molar-refractivity contribution in [2.75, 3.05) is 38.2 Å². The number of nitrogens with one attached hydrogen (secondary N) is 1. The van der Waals surface area contributed by atoms with Gasteiger partial charge in [0.2, 0.25) is 0 Å². The van der Waals surface area contributed by atoms with Crippen LogP contribution in [0.2, 0.25) is 5.02 Å². The zero-order chi connectivity index (χ0) is 17.7. The Balaban J connectivity index is 2.14. The van der Waals surface area contributed by atoms with Gasteiger partial charge in [0.25, 0.3) is 0 Å². The third-order valence-corrected chi connectivity index (χ3v) is 4.24. The van der Waals surface area contributed by atoms with Crippen LogP contribution in [-0.4, -0.2) is 49.8 Å². The van der Waals surface area contributed by atoms with Gasteiger partial charge in [-0.15, -0.1) is 0 Å². The maximum absolute atomic E-state index is 12.6. The molecule has 2 rings (SSSR count). The Morgan fingerprint density at radius 2 is 2.04 bits per heavy atom. The van der Waals surface area contributed by atoms with Gasteiger partial charge in [-0.2, -0.15) is 13.2 Å². The van der Waals surface area contributed by atoms with Crippen molar-refractivity contribution in [3.63, 3.8) is 0 Å². The van der Waals surface area contributed by atoms with Crippen LogP contribution in [0.5, 0.6) is 0 Å². The van der Waals surface area contributed by atoms with Gasteiger partial charge in [0.15, 0.2) is 0 Å². The van der Waals surface area contributed by atoms with Crippen molar-refractivity contribution in [1.82, 2.24) is 4.90 Å². The van der Waals surface area contributed by atoms with Crippen molar-refractivity contribution in [3.8, 4) is 0 Å². The molecule has 24 heavy (non-hydrogen) atoms. The lowest BCUT2D eigenvalue weighted by atomic mass is 10.0. The van der Waals surface area contributed by atoms with Crippen LogP contribution in [0.15, 0.2) is 12.1 Å². The molecule has 1 aliphatic heterocycles. The Hall–Kier alpha value is -1.47. The summed E-state index contributed by atoms with van der Waals surface area (Å²) in [5.41, 5.74) is 2.50. The Kier molecular flexibility index (Phi) is 6.34. The molecule has 1 amide bonds. The minimum absolute atomic E-state index is 0.0197. The molecule has 0 saturated heterocycles. The zero-order valence-electron chi connectivity index (χ0n) is 13.4. The first kappa shape index (κ1) is 18.9. The summed E-state index contributed by atoms with van der Waals surface area (Å²) in [6, 6.07) is 3.54. The van der Waals surface area contributed by atoms with E-state index >= 15 is 0 Å². The molecule has 4 nitrogen and oxygen atoms in total. The minimum Gasteiger partial charge on any atom is -0.381 e. The first-order valence-electron chi connectivity index (χ1n) is 7.82. The average Bonchev–Trinajstić information content (AvgIpc) is 2.74. The molecule has 1 aliphatic rings. The van der Waals surface area contributed by atoms with E-state index in [0.29, 0.717) is 37.6 Å². The largest absolute Gasteiger partial charge is 0.471 e. The molecule has 1 aromatic rings. The number of benzene rings is 1. The third-order valence-electron chi connectivity index (χ3n) is 3.92. The molecule has 0 radical (unpaired) electrons. The van der Waals surface area contributed by atoms with Gasteiger partial charge in [-0.25, -0.2) is 0 Å². The van der Waals surface area contributed by atoms with Crippen molar-refractivity contribution in [1.29, 1.82) is 0 Å². The number of fused-ring (bicyclic) bond motifs is 1. The summed E-state index contributed by atoms with van der Waals surface area (Å²) in [6.45, 7) is 3.63. The Morgan fingerprint density at radius 3 is 2.71 bits per heavy atom. The predicted molar refractivity (Wildman–Crippen MR) is 86.5 cm³/mol. The van der Waals surface area contributed by atoms with Crippen LogP contribution < -0.4 is 5.32 Å². The van der Waals surface area contributed by atoms with Gasteiger partial charge in [0, 0.05) is 26.2 Å². The quantitative estimate of drug-likeness (QED) is 0.815. The van der Waals surface area contributed by atoms with Crippen LogP contribution in [0, 0.1) is 0 Å². The van der Waals surface area contributed by atoms with E-state index in [1.165, 1.54) is 0 Å². The van der Waals surface area contributed by atoms with Gasteiger partial charge in [0.05, 0.1) is 17.3 Å². The first-order chi connectivity index (χ1) is 11.3. The molecule has 0 saturated carbocycles. The van der Waals surface area contributed by atoms with Gasteiger partial charge in [0.1, 0.15) is 0 Å². The third kappa shape index (κ3) is 4.54. The number of ether oxygens (including phenoxy) is 1. The van der Waals surface area contributed by atoms with Gasteiger partial charge >= 0.3 is 12.1 Å². The highest BCUT2D eigenvalue weighted by Crippen LogP contribution is 2.32. The second kappa shape index (κ2) is 8.07. The summed E-state index contributed by atoms with van der Waals surface area (Å²) in [6.07, 6.45) is -4.14. The summed E-state index contributed by atoms with van der Waals surface area (Å²) in [5, 5.41) is 3.71. The zero-order valence-corrected chi connectivity index (χ0v) is 14.1. The Labute approximate surface area is 143 Å². The van der Waals surface area contributed by atoms with Gasteiger partial charge < -0.3 is 15.0 Å². The number of rotatable bonds is 5. The maximum atomic E-state index is 12.6. The lowest BCUT2D eigenvalue weighted by Gasteiger charge is -2.21. The molecule has 0 aliphatic carbocycles. The second-order valence-electron chi connectivity index (χ2n) is 5.47. The normalized spacial score (nSPS) is 15.0. The number of amides is 1. The standard InChI is InChI=1S/C16H20ClF3N2O2/c1-2-24-10-7-21-14-12-6-9-22(15(23)16(18,19)20)8-5-11(12)3-4-13(14)17/h3-4,21H,2,5-10H2,1H3. The highest BCUT2D eigenvalue weighted by molar-refractivity contribution is 6.33. The van der Waals surface area contributed by atoms with Crippen molar-refractivity contribution in [2.45, 2.75) is 25.9 Å². The van der Waals surface area contributed by atoms with E-state index in [9.17, 15) is 18.0 Å². The molecule has 1 aromatic carbocycles. The average molecular weight is 365 g/mol. The number of alkyl halides is 3. The van der Waals surface area contributed by atoms with E-state index in [2.05, 4.69) is 5.32 Å². The van der Waals surface area contributed by atoms with Crippen LogP contribution in [0.25, 0.3) is 0 Å². The van der Waals surface area contributed by atoms with Crippen molar-refractivity contribution in [2.24, 2.45) is 0 Å². The van der Waals surface area contributed by atoms with Crippen molar-refractivity contribution >= 4 is 23.2 Å². The van der Waals surface area contributed by atoms with Gasteiger partial charge in [-0.05, 0) is 37.0 Å².